The average molecular weight is 254 g/mol. The molecule has 2 N–H and O–H groups in total. The van der Waals surface area contributed by atoms with Crippen LogP contribution in [0.1, 0.15) is 25.3 Å². The van der Waals surface area contributed by atoms with E-state index in [-0.39, 0.29) is 0 Å². The second-order valence-electron chi connectivity index (χ2n) is 4.73. The van der Waals surface area contributed by atoms with Crippen LogP contribution in [0.15, 0.2) is 24.3 Å². The van der Waals surface area contributed by atoms with Gasteiger partial charge in [-0.3, -0.25) is 5.32 Å². The Kier molecular flexibility index (Phi) is 3.40. The van der Waals surface area contributed by atoms with Crippen molar-refractivity contribution in [3.8, 4) is 0 Å². The monoisotopic (exact) mass is 253 g/mol. The van der Waals surface area contributed by atoms with Gasteiger partial charge in [-0.2, -0.15) is 0 Å². The van der Waals surface area contributed by atoms with Crippen molar-refractivity contribution in [1.29, 1.82) is 0 Å². The molecule has 1 saturated carbocycles. The summed E-state index contributed by atoms with van der Waals surface area (Å²) < 4.78 is 0. The highest BCUT2D eigenvalue weighted by molar-refractivity contribution is 6.31. The number of hydrogen-bond acceptors (Lipinski definition) is 2. The van der Waals surface area contributed by atoms with Crippen molar-refractivity contribution in [2.45, 2.75) is 25.3 Å². The molecule has 0 aliphatic heterocycles. The van der Waals surface area contributed by atoms with Crippen molar-refractivity contribution in [3.05, 3.63) is 34.9 Å². The molecule has 2 rings (SSSR count). The SMILES string of the molecule is CC(NCC1CC1)(C(=O)O)c1ccccc1Cl. The molecule has 17 heavy (non-hydrogen) atoms. The van der Waals surface area contributed by atoms with Gasteiger partial charge in [-0.1, -0.05) is 29.8 Å². The molecule has 1 atom stereocenters. The van der Waals surface area contributed by atoms with Gasteiger partial charge in [-0.25, -0.2) is 4.79 Å². The van der Waals surface area contributed by atoms with E-state index in [0.717, 1.165) is 6.54 Å². The standard InChI is InChI=1S/C13H16ClNO2/c1-13(12(16)17,15-8-9-6-7-9)10-4-2-3-5-11(10)14/h2-5,9,15H,6-8H2,1H3,(H,16,17). The second kappa shape index (κ2) is 4.67. The third-order valence-electron chi connectivity index (χ3n) is 3.28. The summed E-state index contributed by atoms with van der Waals surface area (Å²) in [5, 5.41) is 13.0. The summed E-state index contributed by atoms with van der Waals surface area (Å²) in [7, 11) is 0. The van der Waals surface area contributed by atoms with E-state index in [9.17, 15) is 9.90 Å². The Bertz CT molecular complexity index is 431. The lowest BCUT2D eigenvalue weighted by molar-refractivity contribution is -0.144. The van der Waals surface area contributed by atoms with Gasteiger partial charge in [0.15, 0.2) is 0 Å². The number of carbonyl (C=O) groups is 1. The summed E-state index contributed by atoms with van der Waals surface area (Å²) >= 11 is 6.08. The van der Waals surface area contributed by atoms with Crippen LogP contribution >= 0.6 is 11.6 Å². The third kappa shape index (κ3) is 2.61. The van der Waals surface area contributed by atoms with Crippen LogP contribution in [-0.2, 0) is 10.3 Å². The molecular formula is C13H16ClNO2. The summed E-state index contributed by atoms with van der Waals surface area (Å²) in [4.78, 5) is 11.5. The zero-order chi connectivity index (χ0) is 12.5. The fraction of sp³-hybridized carbons (Fsp3) is 0.462. The summed E-state index contributed by atoms with van der Waals surface area (Å²) in [5.74, 6) is -0.276. The maximum absolute atomic E-state index is 11.5. The lowest BCUT2D eigenvalue weighted by Crippen LogP contribution is -2.47. The first-order chi connectivity index (χ1) is 8.04. The first-order valence-corrected chi connectivity index (χ1v) is 6.15. The highest BCUT2D eigenvalue weighted by Gasteiger charge is 2.37. The number of nitrogens with one attached hydrogen (secondary N) is 1. The molecule has 0 radical (unpaired) electrons. The van der Waals surface area contributed by atoms with Crippen LogP contribution in [0.4, 0.5) is 0 Å². The van der Waals surface area contributed by atoms with E-state index < -0.39 is 11.5 Å². The third-order valence-corrected chi connectivity index (χ3v) is 3.61. The highest BCUT2D eigenvalue weighted by atomic mass is 35.5. The Labute approximate surface area is 106 Å². The zero-order valence-corrected chi connectivity index (χ0v) is 10.5. The molecule has 1 aromatic rings. The molecule has 0 spiro atoms. The molecule has 0 bridgehead atoms. The van der Waals surface area contributed by atoms with Gasteiger partial charge in [0.2, 0.25) is 0 Å². The van der Waals surface area contributed by atoms with E-state index in [1.165, 1.54) is 12.8 Å². The minimum Gasteiger partial charge on any atom is -0.480 e. The van der Waals surface area contributed by atoms with Gasteiger partial charge in [0.05, 0.1) is 0 Å². The quantitative estimate of drug-likeness (QED) is 0.848. The van der Waals surface area contributed by atoms with Gasteiger partial charge in [-0.05, 0) is 38.3 Å². The lowest BCUT2D eigenvalue weighted by Gasteiger charge is -2.27. The van der Waals surface area contributed by atoms with Crippen LogP contribution in [0.5, 0.6) is 0 Å². The summed E-state index contributed by atoms with van der Waals surface area (Å²) in [6.45, 7) is 2.40. The number of carboxylic acids is 1. The minimum absolute atomic E-state index is 0.487. The molecule has 1 aliphatic rings. The predicted octanol–water partition coefficient (Wildman–Crippen LogP) is 2.64. The van der Waals surface area contributed by atoms with E-state index in [1.54, 1.807) is 31.2 Å². The van der Waals surface area contributed by atoms with Crippen LogP contribution in [0.25, 0.3) is 0 Å². The van der Waals surface area contributed by atoms with Crippen molar-refractivity contribution < 1.29 is 9.90 Å². The highest BCUT2D eigenvalue weighted by Crippen LogP contribution is 2.32. The largest absolute Gasteiger partial charge is 0.480 e. The first-order valence-electron chi connectivity index (χ1n) is 5.77. The zero-order valence-electron chi connectivity index (χ0n) is 9.74. The minimum atomic E-state index is -1.11. The Balaban J connectivity index is 2.25. The lowest BCUT2D eigenvalue weighted by atomic mass is 9.92. The molecule has 0 amide bonds. The number of benzene rings is 1. The number of hydrogen-bond donors (Lipinski definition) is 2. The van der Waals surface area contributed by atoms with Crippen LogP contribution in [0.2, 0.25) is 5.02 Å². The maximum Gasteiger partial charge on any atom is 0.328 e. The maximum atomic E-state index is 11.5. The van der Waals surface area contributed by atoms with Crippen molar-refractivity contribution in [2.24, 2.45) is 5.92 Å². The van der Waals surface area contributed by atoms with Crippen LogP contribution in [0, 0.1) is 5.92 Å². The molecule has 0 saturated heterocycles. The predicted molar refractivity (Wildman–Crippen MR) is 67.2 cm³/mol. The van der Waals surface area contributed by atoms with Gasteiger partial charge < -0.3 is 5.11 Å². The van der Waals surface area contributed by atoms with Gasteiger partial charge in [-0.15, -0.1) is 0 Å². The molecule has 1 unspecified atom stereocenters. The Morgan fingerprint density at radius 3 is 2.71 bits per heavy atom. The Hall–Kier alpha value is -1.06. The Morgan fingerprint density at radius 2 is 2.18 bits per heavy atom. The summed E-state index contributed by atoms with van der Waals surface area (Å²) in [6.07, 6.45) is 2.37. The average Bonchev–Trinajstić information content (AvgIpc) is 3.10. The van der Waals surface area contributed by atoms with Crippen LogP contribution in [-0.4, -0.2) is 17.6 Å². The molecule has 1 aliphatic carbocycles. The Morgan fingerprint density at radius 1 is 1.53 bits per heavy atom. The van der Waals surface area contributed by atoms with Crippen molar-refractivity contribution in [3.63, 3.8) is 0 Å². The summed E-state index contributed by atoms with van der Waals surface area (Å²) in [5.41, 5.74) is -0.490. The van der Waals surface area contributed by atoms with E-state index >= 15 is 0 Å². The van der Waals surface area contributed by atoms with Gasteiger partial charge >= 0.3 is 5.97 Å². The second-order valence-corrected chi connectivity index (χ2v) is 5.14. The number of halogens is 1. The van der Waals surface area contributed by atoms with Crippen molar-refractivity contribution >= 4 is 17.6 Å². The van der Waals surface area contributed by atoms with Gasteiger partial charge in [0, 0.05) is 10.6 Å². The number of aliphatic carboxylic acids is 1. The van der Waals surface area contributed by atoms with Crippen LogP contribution < -0.4 is 5.32 Å². The topological polar surface area (TPSA) is 49.3 Å². The fourth-order valence-corrected chi connectivity index (χ4v) is 2.15. The summed E-state index contributed by atoms with van der Waals surface area (Å²) in [6, 6.07) is 7.09. The first kappa shape index (κ1) is 12.4. The molecular weight excluding hydrogens is 238 g/mol. The molecule has 3 nitrogen and oxygen atoms in total. The van der Waals surface area contributed by atoms with Crippen LogP contribution in [0.3, 0.4) is 0 Å². The van der Waals surface area contributed by atoms with Crippen molar-refractivity contribution in [1.82, 2.24) is 5.32 Å². The molecule has 0 heterocycles. The van der Waals surface area contributed by atoms with E-state index in [1.807, 2.05) is 0 Å². The fourth-order valence-electron chi connectivity index (χ4n) is 1.82. The van der Waals surface area contributed by atoms with E-state index in [0.29, 0.717) is 16.5 Å². The number of rotatable bonds is 5. The molecule has 92 valence electrons. The smallest absolute Gasteiger partial charge is 0.328 e. The van der Waals surface area contributed by atoms with Gasteiger partial charge in [0.1, 0.15) is 5.54 Å². The normalized spacial score (nSPS) is 18.7. The van der Waals surface area contributed by atoms with Crippen molar-refractivity contribution in [2.75, 3.05) is 6.54 Å². The molecule has 1 fully saturated rings. The molecule has 0 aromatic heterocycles. The number of carboxylic acid groups (broad SMARTS) is 1. The molecule has 1 aromatic carbocycles. The van der Waals surface area contributed by atoms with Gasteiger partial charge in [0.25, 0.3) is 0 Å². The molecule has 4 heteroatoms. The van der Waals surface area contributed by atoms with E-state index in [2.05, 4.69) is 5.32 Å². The van der Waals surface area contributed by atoms with E-state index in [4.69, 9.17) is 11.6 Å².